The van der Waals surface area contributed by atoms with Gasteiger partial charge >= 0.3 is 0 Å². The van der Waals surface area contributed by atoms with Crippen molar-refractivity contribution in [3.8, 4) is 0 Å². The predicted octanol–water partition coefficient (Wildman–Crippen LogP) is 0.732. The Labute approximate surface area is 124 Å². The molecule has 0 radical (unpaired) electrons. The van der Waals surface area contributed by atoms with E-state index in [0.717, 1.165) is 30.5 Å². The van der Waals surface area contributed by atoms with Crippen molar-refractivity contribution in [1.29, 1.82) is 0 Å². The minimum Gasteiger partial charge on any atom is -0.343 e. The second-order valence-electron chi connectivity index (χ2n) is 5.43. The highest BCUT2D eigenvalue weighted by molar-refractivity contribution is 7.09. The molecule has 1 saturated heterocycles. The molecule has 7 heteroatoms. The first kappa shape index (κ1) is 15.2. The van der Waals surface area contributed by atoms with Crippen LogP contribution in [0, 0.1) is 5.92 Å². The van der Waals surface area contributed by atoms with Crippen molar-refractivity contribution in [3.63, 3.8) is 0 Å². The fraction of sp³-hybridized carbons (Fsp3) is 0.769. The maximum absolute atomic E-state index is 12.2. The number of amides is 1. The number of aryl methyl sites for hydroxylation is 1. The number of hydrogen-bond donors (Lipinski definition) is 1. The van der Waals surface area contributed by atoms with Gasteiger partial charge in [-0.1, -0.05) is 20.8 Å². The molecule has 1 aromatic rings. The molecule has 0 aliphatic carbocycles. The molecule has 2 heterocycles. The van der Waals surface area contributed by atoms with E-state index in [1.807, 2.05) is 18.7 Å². The van der Waals surface area contributed by atoms with Crippen molar-refractivity contribution in [3.05, 3.63) is 5.82 Å². The van der Waals surface area contributed by atoms with Gasteiger partial charge in [-0.25, -0.2) is 4.98 Å². The van der Waals surface area contributed by atoms with Gasteiger partial charge in [0.05, 0.1) is 6.04 Å². The summed E-state index contributed by atoms with van der Waals surface area (Å²) < 4.78 is 4.30. The standard InChI is InChI=1S/C13H23N5OS/c1-4-10-15-13(20-16-10)18-7-5-17(6-8-18)12(19)11(14)9(2)3/h9,11H,4-8,14H2,1-3H3/t11-/m0/s1. The van der Waals surface area contributed by atoms with E-state index in [4.69, 9.17) is 5.73 Å². The second-order valence-corrected chi connectivity index (χ2v) is 6.16. The third kappa shape index (κ3) is 3.27. The van der Waals surface area contributed by atoms with Crippen molar-refractivity contribution in [2.45, 2.75) is 33.2 Å². The first-order valence-corrected chi connectivity index (χ1v) is 7.92. The Bertz CT molecular complexity index is 453. The van der Waals surface area contributed by atoms with E-state index in [9.17, 15) is 4.79 Å². The molecule has 0 saturated carbocycles. The van der Waals surface area contributed by atoms with E-state index >= 15 is 0 Å². The number of hydrogen-bond acceptors (Lipinski definition) is 6. The van der Waals surface area contributed by atoms with Gasteiger partial charge in [-0.2, -0.15) is 4.37 Å². The fourth-order valence-electron chi connectivity index (χ4n) is 2.13. The molecule has 0 bridgehead atoms. The molecule has 2 rings (SSSR count). The molecule has 1 fully saturated rings. The van der Waals surface area contributed by atoms with E-state index < -0.39 is 6.04 Å². The highest BCUT2D eigenvalue weighted by Crippen LogP contribution is 2.19. The Morgan fingerprint density at radius 2 is 2.00 bits per heavy atom. The minimum atomic E-state index is -0.394. The number of carbonyl (C=O) groups excluding carboxylic acids is 1. The first-order chi connectivity index (χ1) is 9.52. The van der Waals surface area contributed by atoms with Gasteiger partial charge in [-0.15, -0.1) is 0 Å². The van der Waals surface area contributed by atoms with Crippen molar-refractivity contribution >= 4 is 22.6 Å². The number of piperazine rings is 1. The molecule has 112 valence electrons. The molecule has 0 unspecified atom stereocenters. The maximum atomic E-state index is 12.2. The number of anilines is 1. The van der Waals surface area contributed by atoms with E-state index in [1.54, 1.807) is 0 Å². The molecule has 6 nitrogen and oxygen atoms in total. The van der Waals surface area contributed by atoms with Gasteiger partial charge in [0.25, 0.3) is 0 Å². The van der Waals surface area contributed by atoms with Crippen LogP contribution in [0.25, 0.3) is 0 Å². The number of carbonyl (C=O) groups is 1. The molecule has 0 spiro atoms. The largest absolute Gasteiger partial charge is 0.343 e. The van der Waals surface area contributed by atoms with Crippen LogP contribution in [0.3, 0.4) is 0 Å². The van der Waals surface area contributed by atoms with Crippen LogP contribution >= 0.6 is 11.5 Å². The third-order valence-corrected chi connectivity index (χ3v) is 4.45. The third-order valence-electron chi connectivity index (χ3n) is 3.64. The Morgan fingerprint density at radius 1 is 1.35 bits per heavy atom. The molecular weight excluding hydrogens is 274 g/mol. The summed E-state index contributed by atoms with van der Waals surface area (Å²) in [6.07, 6.45) is 0.859. The predicted molar refractivity (Wildman–Crippen MR) is 80.9 cm³/mol. The van der Waals surface area contributed by atoms with Crippen LogP contribution in [0.2, 0.25) is 0 Å². The van der Waals surface area contributed by atoms with E-state index in [1.165, 1.54) is 11.5 Å². The number of nitrogens with two attached hydrogens (primary N) is 1. The Morgan fingerprint density at radius 3 is 2.50 bits per heavy atom. The van der Waals surface area contributed by atoms with Crippen LogP contribution in [-0.2, 0) is 11.2 Å². The van der Waals surface area contributed by atoms with Crippen molar-refractivity contribution in [2.24, 2.45) is 11.7 Å². The number of nitrogens with zero attached hydrogens (tertiary/aromatic N) is 4. The summed E-state index contributed by atoms with van der Waals surface area (Å²) in [6, 6.07) is -0.394. The SMILES string of the molecule is CCc1nsc(N2CCN(C(=O)[C@@H](N)C(C)C)CC2)n1. The van der Waals surface area contributed by atoms with Crippen LogP contribution < -0.4 is 10.6 Å². The lowest BCUT2D eigenvalue weighted by molar-refractivity contribution is -0.133. The van der Waals surface area contributed by atoms with Gasteiger partial charge in [0.15, 0.2) is 0 Å². The molecule has 2 N–H and O–H groups in total. The van der Waals surface area contributed by atoms with Gasteiger partial charge in [0.2, 0.25) is 11.0 Å². The summed E-state index contributed by atoms with van der Waals surface area (Å²) in [5, 5.41) is 0.960. The summed E-state index contributed by atoms with van der Waals surface area (Å²) in [7, 11) is 0. The Balaban J connectivity index is 1.90. The molecule has 1 aliphatic heterocycles. The first-order valence-electron chi connectivity index (χ1n) is 7.14. The van der Waals surface area contributed by atoms with Gasteiger partial charge in [-0.05, 0) is 5.92 Å². The summed E-state index contributed by atoms with van der Waals surface area (Å²) in [6.45, 7) is 9.03. The minimum absolute atomic E-state index is 0.0613. The van der Waals surface area contributed by atoms with Gasteiger partial charge in [0, 0.05) is 44.1 Å². The lowest BCUT2D eigenvalue weighted by atomic mass is 10.0. The zero-order valence-corrected chi connectivity index (χ0v) is 13.2. The van der Waals surface area contributed by atoms with Crippen molar-refractivity contribution < 1.29 is 4.79 Å². The number of aromatic nitrogens is 2. The number of rotatable bonds is 4. The maximum Gasteiger partial charge on any atom is 0.239 e. The normalized spacial score (nSPS) is 17.6. The molecule has 20 heavy (non-hydrogen) atoms. The van der Waals surface area contributed by atoms with Crippen molar-refractivity contribution in [2.75, 3.05) is 31.1 Å². The average molecular weight is 297 g/mol. The van der Waals surface area contributed by atoms with Crippen LogP contribution in [0.1, 0.15) is 26.6 Å². The summed E-state index contributed by atoms with van der Waals surface area (Å²) in [5.74, 6) is 1.13. The van der Waals surface area contributed by atoms with E-state index in [-0.39, 0.29) is 11.8 Å². The summed E-state index contributed by atoms with van der Waals surface area (Å²) in [4.78, 5) is 20.7. The zero-order chi connectivity index (χ0) is 14.7. The van der Waals surface area contributed by atoms with Crippen LogP contribution in [0.15, 0.2) is 0 Å². The molecule has 1 amide bonds. The van der Waals surface area contributed by atoms with E-state index in [2.05, 4.69) is 21.2 Å². The van der Waals surface area contributed by atoms with Gasteiger partial charge in [0.1, 0.15) is 5.82 Å². The van der Waals surface area contributed by atoms with Gasteiger partial charge < -0.3 is 15.5 Å². The Hall–Kier alpha value is -1.21. The highest BCUT2D eigenvalue weighted by Gasteiger charge is 2.27. The van der Waals surface area contributed by atoms with Crippen LogP contribution in [-0.4, -0.2) is 52.4 Å². The van der Waals surface area contributed by atoms with Crippen molar-refractivity contribution in [1.82, 2.24) is 14.3 Å². The van der Waals surface area contributed by atoms with Crippen LogP contribution in [0.5, 0.6) is 0 Å². The highest BCUT2D eigenvalue weighted by atomic mass is 32.1. The lowest BCUT2D eigenvalue weighted by Gasteiger charge is -2.36. The molecule has 1 aliphatic rings. The molecule has 1 atom stereocenters. The second kappa shape index (κ2) is 6.49. The average Bonchev–Trinajstić information content (AvgIpc) is 2.94. The Kier molecular flexibility index (Phi) is 4.93. The zero-order valence-electron chi connectivity index (χ0n) is 12.4. The summed E-state index contributed by atoms with van der Waals surface area (Å²) in [5.41, 5.74) is 5.93. The fourth-order valence-corrected chi connectivity index (χ4v) is 2.93. The topological polar surface area (TPSA) is 75.4 Å². The molecule has 0 aromatic carbocycles. The quantitative estimate of drug-likeness (QED) is 0.887. The smallest absolute Gasteiger partial charge is 0.239 e. The lowest BCUT2D eigenvalue weighted by Crippen LogP contribution is -2.54. The van der Waals surface area contributed by atoms with Gasteiger partial charge in [-0.3, -0.25) is 4.79 Å². The monoisotopic (exact) mass is 297 g/mol. The van der Waals surface area contributed by atoms with E-state index in [0.29, 0.717) is 13.1 Å². The summed E-state index contributed by atoms with van der Waals surface area (Å²) >= 11 is 1.44. The van der Waals surface area contributed by atoms with Crippen LogP contribution in [0.4, 0.5) is 5.13 Å². The molecule has 1 aromatic heterocycles. The molecular formula is C13H23N5OS.